The molecule has 1 heterocycles. The van der Waals surface area contributed by atoms with E-state index in [1.165, 1.54) is 5.56 Å². The number of halogens is 1. The maximum Gasteiger partial charge on any atom is 0.151 e. The average molecular weight is 277 g/mol. The van der Waals surface area contributed by atoms with Gasteiger partial charge in [-0.2, -0.15) is 0 Å². The molecule has 0 radical (unpaired) electrons. The number of imidazole rings is 1. The maximum atomic E-state index is 6.11. The van der Waals surface area contributed by atoms with Crippen LogP contribution in [0.1, 0.15) is 11.3 Å². The number of aromatic nitrogens is 2. The van der Waals surface area contributed by atoms with E-state index in [9.17, 15) is 0 Å². The van der Waals surface area contributed by atoms with Gasteiger partial charge in [0.25, 0.3) is 0 Å². The van der Waals surface area contributed by atoms with Gasteiger partial charge < -0.3 is 4.57 Å². The van der Waals surface area contributed by atoms with Crippen LogP contribution in [-0.2, 0) is 5.75 Å². The molecule has 0 spiro atoms. The maximum absolute atomic E-state index is 6.11. The lowest BCUT2D eigenvalue weighted by atomic mass is 10.2. The summed E-state index contributed by atoms with van der Waals surface area (Å²) in [5.41, 5.74) is 3.28. The molecule has 4 heteroatoms. The zero-order valence-corrected chi connectivity index (χ0v) is 11.6. The molecule has 1 aromatic heterocycles. The van der Waals surface area contributed by atoms with E-state index in [0.29, 0.717) is 10.9 Å². The van der Waals surface area contributed by atoms with Crippen LogP contribution in [0.4, 0.5) is 0 Å². The van der Waals surface area contributed by atoms with Crippen LogP contribution in [0.15, 0.2) is 30.6 Å². The summed E-state index contributed by atoms with van der Waals surface area (Å²) < 4.78 is 2.01. The number of terminal acetylenes is 1. The van der Waals surface area contributed by atoms with E-state index in [1.54, 1.807) is 18.1 Å². The first-order chi connectivity index (χ1) is 8.72. The van der Waals surface area contributed by atoms with Crippen LogP contribution < -0.4 is 0 Å². The number of thioether (sulfide) groups is 1. The van der Waals surface area contributed by atoms with Gasteiger partial charge in [-0.25, -0.2) is 4.98 Å². The van der Waals surface area contributed by atoms with E-state index in [-0.39, 0.29) is 0 Å². The molecule has 0 aliphatic carbocycles. The minimum Gasteiger partial charge on any atom is -0.301 e. The van der Waals surface area contributed by atoms with Gasteiger partial charge in [-0.3, -0.25) is 0 Å². The molecule has 92 valence electrons. The fourth-order valence-electron chi connectivity index (χ4n) is 1.62. The van der Waals surface area contributed by atoms with Crippen molar-refractivity contribution >= 4 is 23.4 Å². The highest BCUT2D eigenvalue weighted by molar-refractivity contribution is 7.98. The Kier molecular flexibility index (Phi) is 4.35. The quantitative estimate of drug-likeness (QED) is 0.626. The van der Waals surface area contributed by atoms with Crippen LogP contribution in [0.2, 0.25) is 5.15 Å². The van der Waals surface area contributed by atoms with Crippen molar-refractivity contribution in [3.05, 3.63) is 47.0 Å². The zero-order chi connectivity index (χ0) is 13.0. The largest absolute Gasteiger partial charge is 0.301 e. The Balaban J connectivity index is 2.28. The van der Waals surface area contributed by atoms with Crippen molar-refractivity contribution in [3.8, 4) is 18.0 Å². The highest BCUT2D eigenvalue weighted by Gasteiger charge is 2.10. The van der Waals surface area contributed by atoms with Crippen LogP contribution in [-0.4, -0.2) is 15.3 Å². The topological polar surface area (TPSA) is 17.8 Å². The van der Waals surface area contributed by atoms with Crippen molar-refractivity contribution in [1.82, 2.24) is 9.55 Å². The first-order valence-electron chi connectivity index (χ1n) is 5.52. The summed E-state index contributed by atoms with van der Waals surface area (Å²) in [6.07, 6.45) is 6.99. The van der Waals surface area contributed by atoms with E-state index in [1.807, 2.05) is 4.57 Å². The van der Waals surface area contributed by atoms with Crippen molar-refractivity contribution in [2.75, 3.05) is 5.75 Å². The van der Waals surface area contributed by atoms with E-state index in [2.05, 4.69) is 42.1 Å². The second kappa shape index (κ2) is 5.99. The standard InChI is InChI=1S/C14H13ClN2S/c1-3-8-18-9-13-14(15)16-10-17(13)12-6-4-11(2)5-7-12/h1,4-7,10H,8-9H2,2H3. The molecule has 2 nitrogen and oxygen atoms in total. The molecule has 2 aromatic rings. The van der Waals surface area contributed by atoms with Crippen LogP contribution in [0.3, 0.4) is 0 Å². The summed E-state index contributed by atoms with van der Waals surface area (Å²) in [4.78, 5) is 4.16. The van der Waals surface area contributed by atoms with E-state index in [0.717, 1.165) is 17.1 Å². The monoisotopic (exact) mass is 276 g/mol. The Morgan fingerprint density at radius 3 is 2.78 bits per heavy atom. The number of nitrogens with zero attached hydrogens (tertiary/aromatic N) is 2. The number of rotatable bonds is 4. The molecular formula is C14H13ClN2S. The summed E-state index contributed by atoms with van der Waals surface area (Å²) in [6, 6.07) is 8.26. The molecule has 2 rings (SSSR count). The minimum atomic E-state index is 0.542. The number of aryl methyl sites for hydroxylation is 1. The van der Waals surface area contributed by atoms with Gasteiger partial charge in [0, 0.05) is 11.4 Å². The lowest BCUT2D eigenvalue weighted by Gasteiger charge is -2.08. The lowest BCUT2D eigenvalue weighted by Crippen LogP contribution is -1.98. The molecule has 0 fully saturated rings. The number of benzene rings is 1. The van der Waals surface area contributed by atoms with Crippen molar-refractivity contribution in [1.29, 1.82) is 0 Å². The second-order valence-corrected chi connectivity index (χ2v) is 5.23. The summed E-state index contributed by atoms with van der Waals surface area (Å²) in [5, 5.41) is 0.542. The predicted molar refractivity (Wildman–Crippen MR) is 78.3 cm³/mol. The van der Waals surface area contributed by atoms with E-state index in [4.69, 9.17) is 18.0 Å². The molecule has 0 atom stereocenters. The highest BCUT2D eigenvalue weighted by atomic mass is 35.5. The fourth-order valence-corrected chi connectivity index (χ4v) is 2.59. The van der Waals surface area contributed by atoms with Gasteiger partial charge in [-0.05, 0) is 19.1 Å². The second-order valence-electron chi connectivity index (χ2n) is 3.88. The molecule has 0 saturated heterocycles. The molecule has 0 bridgehead atoms. The third kappa shape index (κ3) is 2.90. The molecular weight excluding hydrogens is 264 g/mol. The first-order valence-corrected chi connectivity index (χ1v) is 7.05. The minimum absolute atomic E-state index is 0.542. The van der Waals surface area contributed by atoms with Crippen molar-refractivity contribution in [2.45, 2.75) is 12.7 Å². The van der Waals surface area contributed by atoms with Gasteiger partial charge in [-0.15, -0.1) is 18.2 Å². The Bertz CT molecular complexity index is 566. The Morgan fingerprint density at radius 2 is 2.11 bits per heavy atom. The molecule has 0 saturated carbocycles. The fraction of sp³-hybridized carbons (Fsp3) is 0.214. The van der Waals surface area contributed by atoms with Gasteiger partial charge in [0.1, 0.15) is 6.33 Å². The molecule has 0 N–H and O–H groups in total. The van der Waals surface area contributed by atoms with Crippen molar-refractivity contribution in [3.63, 3.8) is 0 Å². The van der Waals surface area contributed by atoms with Crippen LogP contribution in [0.5, 0.6) is 0 Å². The normalized spacial score (nSPS) is 10.3. The highest BCUT2D eigenvalue weighted by Crippen LogP contribution is 2.23. The van der Waals surface area contributed by atoms with Gasteiger partial charge >= 0.3 is 0 Å². The lowest BCUT2D eigenvalue weighted by molar-refractivity contribution is 0.994. The van der Waals surface area contributed by atoms with Gasteiger partial charge in [0.2, 0.25) is 0 Å². The van der Waals surface area contributed by atoms with Crippen LogP contribution in [0.25, 0.3) is 5.69 Å². The molecule has 0 aliphatic heterocycles. The summed E-state index contributed by atoms with van der Waals surface area (Å²) >= 11 is 7.76. The van der Waals surface area contributed by atoms with Gasteiger partial charge in [0.15, 0.2) is 5.15 Å². The first kappa shape index (κ1) is 13.1. The van der Waals surface area contributed by atoms with Crippen molar-refractivity contribution < 1.29 is 0 Å². The molecule has 0 amide bonds. The van der Waals surface area contributed by atoms with E-state index < -0.39 is 0 Å². The predicted octanol–water partition coefficient (Wildman–Crippen LogP) is 3.70. The average Bonchev–Trinajstić information content (AvgIpc) is 2.73. The van der Waals surface area contributed by atoms with E-state index >= 15 is 0 Å². The number of hydrogen-bond donors (Lipinski definition) is 0. The van der Waals surface area contributed by atoms with Gasteiger partial charge in [-0.1, -0.05) is 35.2 Å². The Hall–Kier alpha value is -1.37. The van der Waals surface area contributed by atoms with Crippen LogP contribution in [0, 0.1) is 19.3 Å². The third-order valence-electron chi connectivity index (χ3n) is 2.55. The zero-order valence-electron chi connectivity index (χ0n) is 10.1. The molecule has 18 heavy (non-hydrogen) atoms. The smallest absolute Gasteiger partial charge is 0.151 e. The molecule has 0 unspecified atom stereocenters. The molecule has 0 aliphatic rings. The van der Waals surface area contributed by atoms with Crippen molar-refractivity contribution in [2.24, 2.45) is 0 Å². The Labute approximate surface area is 116 Å². The summed E-state index contributed by atoms with van der Waals surface area (Å²) in [6.45, 7) is 2.06. The Morgan fingerprint density at radius 1 is 1.39 bits per heavy atom. The van der Waals surface area contributed by atoms with Crippen LogP contribution >= 0.6 is 23.4 Å². The SMILES string of the molecule is C#CCSCc1c(Cl)ncn1-c1ccc(C)cc1. The third-order valence-corrected chi connectivity index (χ3v) is 3.72. The summed E-state index contributed by atoms with van der Waals surface area (Å²) in [7, 11) is 0. The van der Waals surface area contributed by atoms with Gasteiger partial charge in [0.05, 0.1) is 11.4 Å². The molecule has 1 aromatic carbocycles. The summed E-state index contributed by atoms with van der Waals surface area (Å²) in [5.74, 6) is 4.04. The number of hydrogen-bond acceptors (Lipinski definition) is 2.